The van der Waals surface area contributed by atoms with Crippen molar-refractivity contribution in [3.05, 3.63) is 23.1 Å². The van der Waals surface area contributed by atoms with Crippen LogP contribution in [-0.2, 0) is 16.1 Å². The molecule has 2 rings (SSSR count). The normalized spacial score (nSPS) is 11.7. The molecular weight excluding hydrogens is 294 g/mol. The molecule has 112 valence electrons. The molecule has 21 heavy (non-hydrogen) atoms. The summed E-state index contributed by atoms with van der Waals surface area (Å²) in [5.41, 5.74) is 0.249. The average Bonchev–Trinajstić information content (AvgIpc) is 2.64. The summed E-state index contributed by atoms with van der Waals surface area (Å²) in [6.45, 7) is 6.68. The molecule has 0 aliphatic carbocycles. The summed E-state index contributed by atoms with van der Waals surface area (Å²) in [7, 11) is 0. The maximum Gasteiger partial charge on any atom is 0.328 e. The zero-order valence-electron chi connectivity index (χ0n) is 12.3. The Morgan fingerprint density at radius 3 is 2.62 bits per heavy atom. The number of rotatable bonds is 3. The second-order valence-corrected chi connectivity index (χ2v) is 6.06. The molecular formula is C14H16ClN3O3. The fourth-order valence-electron chi connectivity index (χ4n) is 1.92. The first-order valence-electron chi connectivity index (χ1n) is 6.42. The minimum Gasteiger partial charge on any atom is -0.459 e. The van der Waals surface area contributed by atoms with Gasteiger partial charge >= 0.3 is 5.97 Å². The van der Waals surface area contributed by atoms with Gasteiger partial charge in [0, 0.05) is 12.3 Å². The van der Waals surface area contributed by atoms with Gasteiger partial charge in [0.25, 0.3) is 0 Å². The minimum absolute atomic E-state index is 0.0929. The molecule has 0 aliphatic heterocycles. The van der Waals surface area contributed by atoms with Gasteiger partial charge in [0.2, 0.25) is 0 Å². The van der Waals surface area contributed by atoms with Crippen LogP contribution >= 0.6 is 11.6 Å². The number of hydrogen-bond donors (Lipinski definition) is 0. The van der Waals surface area contributed by atoms with E-state index in [1.807, 2.05) is 0 Å². The standard InChI is InChI=1S/C14H16ClN3O3/c1-8(19)13-9-5-11(15)16-6-10(9)18(17-13)7-12(20)21-14(2,3)4/h5-6H,7H2,1-4H3. The van der Waals surface area contributed by atoms with Crippen LogP contribution in [0.3, 0.4) is 0 Å². The molecule has 0 spiro atoms. The van der Waals surface area contributed by atoms with Gasteiger partial charge in [-0.05, 0) is 26.8 Å². The van der Waals surface area contributed by atoms with Crippen molar-refractivity contribution in [1.82, 2.24) is 14.8 Å². The van der Waals surface area contributed by atoms with E-state index in [1.165, 1.54) is 17.8 Å². The highest BCUT2D eigenvalue weighted by Gasteiger charge is 2.20. The van der Waals surface area contributed by atoms with Crippen molar-refractivity contribution in [1.29, 1.82) is 0 Å². The van der Waals surface area contributed by atoms with E-state index in [-0.39, 0.29) is 23.2 Å². The predicted molar refractivity (Wildman–Crippen MR) is 78.4 cm³/mol. The second-order valence-electron chi connectivity index (χ2n) is 5.67. The van der Waals surface area contributed by atoms with Crippen LogP contribution in [0.25, 0.3) is 10.9 Å². The Kier molecular flexibility index (Phi) is 4.00. The van der Waals surface area contributed by atoms with E-state index >= 15 is 0 Å². The highest BCUT2D eigenvalue weighted by atomic mass is 35.5. The molecule has 0 atom stereocenters. The Morgan fingerprint density at radius 2 is 2.05 bits per heavy atom. The summed E-state index contributed by atoms with van der Waals surface area (Å²) in [6.07, 6.45) is 1.49. The summed E-state index contributed by atoms with van der Waals surface area (Å²) < 4.78 is 6.66. The van der Waals surface area contributed by atoms with E-state index in [4.69, 9.17) is 16.3 Å². The molecule has 0 N–H and O–H groups in total. The van der Waals surface area contributed by atoms with Gasteiger partial charge < -0.3 is 4.74 Å². The highest BCUT2D eigenvalue weighted by molar-refractivity contribution is 6.30. The van der Waals surface area contributed by atoms with Crippen LogP contribution in [0.15, 0.2) is 12.3 Å². The number of esters is 1. The summed E-state index contributed by atoms with van der Waals surface area (Å²) >= 11 is 5.85. The van der Waals surface area contributed by atoms with Crippen molar-refractivity contribution in [2.75, 3.05) is 0 Å². The largest absolute Gasteiger partial charge is 0.459 e. The van der Waals surface area contributed by atoms with Crippen LogP contribution in [0, 0.1) is 0 Å². The van der Waals surface area contributed by atoms with Gasteiger partial charge in [-0.1, -0.05) is 11.6 Å². The number of ketones is 1. The fourth-order valence-corrected chi connectivity index (χ4v) is 2.08. The first-order chi connectivity index (χ1) is 9.67. The first kappa shape index (κ1) is 15.4. The van der Waals surface area contributed by atoms with Gasteiger partial charge in [-0.2, -0.15) is 5.10 Å². The lowest BCUT2D eigenvalue weighted by Gasteiger charge is -2.19. The molecule has 0 fully saturated rings. The summed E-state index contributed by atoms with van der Waals surface area (Å²) in [5, 5.41) is 5.01. The lowest BCUT2D eigenvalue weighted by molar-refractivity contribution is -0.155. The molecule has 0 bridgehead atoms. The van der Waals surface area contributed by atoms with Crippen LogP contribution in [0.1, 0.15) is 38.2 Å². The monoisotopic (exact) mass is 309 g/mol. The molecule has 0 unspecified atom stereocenters. The number of ether oxygens (including phenoxy) is 1. The number of nitrogens with zero attached hydrogens (tertiary/aromatic N) is 3. The fraction of sp³-hybridized carbons (Fsp3) is 0.429. The third-order valence-corrected chi connectivity index (χ3v) is 2.84. The van der Waals surface area contributed by atoms with Crippen LogP contribution in [0.5, 0.6) is 0 Å². The summed E-state index contributed by atoms with van der Waals surface area (Å²) in [6, 6.07) is 1.56. The third kappa shape index (κ3) is 3.58. The maximum absolute atomic E-state index is 11.9. The quantitative estimate of drug-likeness (QED) is 0.495. The van der Waals surface area contributed by atoms with Crippen molar-refractivity contribution in [2.24, 2.45) is 0 Å². The van der Waals surface area contributed by atoms with Crippen molar-refractivity contribution >= 4 is 34.3 Å². The van der Waals surface area contributed by atoms with Crippen LogP contribution in [0.4, 0.5) is 0 Å². The first-order valence-corrected chi connectivity index (χ1v) is 6.80. The Labute approximate surface area is 127 Å². The Hall–Kier alpha value is -1.95. The Morgan fingerprint density at radius 1 is 1.38 bits per heavy atom. The van der Waals surface area contributed by atoms with Crippen LogP contribution < -0.4 is 0 Å². The molecule has 2 aromatic heterocycles. The van der Waals surface area contributed by atoms with Crippen molar-refractivity contribution in [3.63, 3.8) is 0 Å². The zero-order valence-corrected chi connectivity index (χ0v) is 13.1. The van der Waals surface area contributed by atoms with E-state index in [0.29, 0.717) is 10.9 Å². The number of fused-ring (bicyclic) bond motifs is 1. The smallest absolute Gasteiger partial charge is 0.328 e. The SMILES string of the molecule is CC(=O)c1nn(CC(=O)OC(C)(C)C)c2cnc(Cl)cc12. The van der Waals surface area contributed by atoms with E-state index < -0.39 is 11.6 Å². The molecule has 0 saturated carbocycles. The van der Waals surface area contributed by atoms with Gasteiger partial charge in [-0.15, -0.1) is 0 Å². The van der Waals surface area contributed by atoms with E-state index in [2.05, 4.69) is 10.1 Å². The zero-order chi connectivity index (χ0) is 15.8. The summed E-state index contributed by atoms with van der Waals surface area (Å²) in [5.74, 6) is -0.637. The van der Waals surface area contributed by atoms with Gasteiger partial charge in [0.15, 0.2) is 5.78 Å². The second kappa shape index (κ2) is 5.44. The molecule has 0 aliphatic rings. The minimum atomic E-state index is -0.578. The van der Waals surface area contributed by atoms with Crippen LogP contribution in [0.2, 0.25) is 5.15 Å². The van der Waals surface area contributed by atoms with Gasteiger partial charge in [-0.25, -0.2) is 4.98 Å². The Balaban J connectivity index is 2.41. The molecule has 0 saturated heterocycles. The number of hydrogen-bond acceptors (Lipinski definition) is 5. The highest BCUT2D eigenvalue weighted by Crippen LogP contribution is 2.21. The molecule has 0 radical (unpaired) electrons. The van der Waals surface area contributed by atoms with Crippen LogP contribution in [-0.4, -0.2) is 32.1 Å². The number of pyridine rings is 1. The maximum atomic E-state index is 11.9. The van der Waals surface area contributed by atoms with Gasteiger partial charge in [0.05, 0.1) is 11.7 Å². The lowest BCUT2D eigenvalue weighted by Crippen LogP contribution is -2.26. The topological polar surface area (TPSA) is 74.1 Å². The van der Waals surface area contributed by atoms with Crippen molar-refractivity contribution < 1.29 is 14.3 Å². The van der Waals surface area contributed by atoms with Crippen molar-refractivity contribution in [3.8, 4) is 0 Å². The molecule has 7 heteroatoms. The Bertz CT molecular complexity index is 716. The molecule has 6 nitrogen and oxygen atoms in total. The van der Waals surface area contributed by atoms with Gasteiger partial charge in [0.1, 0.15) is 23.0 Å². The average molecular weight is 310 g/mol. The molecule has 0 aromatic carbocycles. The number of Topliss-reactive ketones (excluding diaryl/α,β-unsaturated/α-hetero) is 1. The van der Waals surface area contributed by atoms with E-state index in [1.54, 1.807) is 26.8 Å². The lowest BCUT2D eigenvalue weighted by atomic mass is 10.2. The van der Waals surface area contributed by atoms with Crippen molar-refractivity contribution in [2.45, 2.75) is 39.8 Å². The number of carbonyl (C=O) groups excluding carboxylic acids is 2. The molecule has 2 heterocycles. The predicted octanol–water partition coefficient (Wildman–Crippen LogP) is 2.63. The third-order valence-electron chi connectivity index (χ3n) is 2.64. The molecule has 2 aromatic rings. The van der Waals surface area contributed by atoms with E-state index in [0.717, 1.165) is 0 Å². The number of aromatic nitrogens is 3. The number of halogens is 1. The summed E-state index contributed by atoms with van der Waals surface area (Å²) in [4.78, 5) is 27.5. The van der Waals surface area contributed by atoms with E-state index in [9.17, 15) is 9.59 Å². The van der Waals surface area contributed by atoms with Gasteiger partial charge in [-0.3, -0.25) is 14.3 Å². The molecule has 0 amide bonds. The number of carbonyl (C=O) groups is 2.